The summed E-state index contributed by atoms with van der Waals surface area (Å²) in [5, 5.41) is 0. The van der Waals surface area contributed by atoms with Crippen molar-refractivity contribution in [2.45, 2.75) is 20.0 Å². The molecule has 2 aromatic rings. The summed E-state index contributed by atoms with van der Waals surface area (Å²) in [7, 11) is 0. The van der Waals surface area contributed by atoms with Crippen LogP contribution in [0.1, 0.15) is 24.2 Å². The quantitative estimate of drug-likeness (QED) is 0.738. The lowest BCUT2D eigenvalue weighted by molar-refractivity contribution is -0.142. The fourth-order valence-corrected chi connectivity index (χ4v) is 3.61. The highest BCUT2D eigenvalue weighted by Gasteiger charge is 2.33. The second-order valence-corrected chi connectivity index (χ2v) is 8.21. The third-order valence-electron chi connectivity index (χ3n) is 5.35. The van der Waals surface area contributed by atoms with Gasteiger partial charge < -0.3 is 24.0 Å². The van der Waals surface area contributed by atoms with E-state index in [-0.39, 0.29) is 18.4 Å². The van der Waals surface area contributed by atoms with Crippen LogP contribution in [0, 0.1) is 5.92 Å². The number of carbonyl (C=O) groups is 2. The topological polar surface area (TPSA) is 68.3 Å². The van der Waals surface area contributed by atoms with Crippen molar-refractivity contribution in [3.63, 3.8) is 0 Å². The molecule has 0 unspecified atom stereocenters. The first-order chi connectivity index (χ1) is 15.0. The minimum Gasteiger partial charge on any atom is -0.493 e. The zero-order valence-corrected chi connectivity index (χ0v) is 18.0. The van der Waals surface area contributed by atoms with Gasteiger partial charge in [-0.05, 0) is 42.3 Å². The molecule has 0 saturated carbocycles. The van der Waals surface area contributed by atoms with Crippen LogP contribution in [-0.4, -0.2) is 67.1 Å². The summed E-state index contributed by atoms with van der Waals surface area (Å²) in [6.07, 6.45) is -0.657. The fraction of sp³-hybridized carbons (Fsp3) is 0.417. The number of para-hydroxylation sites is 2. The molecule has 2 amide bonds. The fourth-order valence-electron chi connectivity index (χ4n) is 3.61. The van der Waals surface area contributed by atoms with Crippen molar-refractivity contribution in [2.75, 3.05) is 39.4 Å². The maximum Gasteiger partial charge on any atom is 0.267 e. The molecule has 0 radical (unpaired) electrons. The molecule has 7 nitrogen and oxygen atoms in total. The molecule has 2 aromatic carbocycles. The third-order valence-corrected chi connectivity index (χ3v) is 5.35. The predicted octanol–water partition coefficient (Wildman–Crippen LogP) is 2.85. The normalized spacial score (nSPS) is 18.1. The van der Waals surface area contributed by atoms with Crippen LogP contribution in [0.15, 0.2) is 48.5 Å². The molecule has 0 aromatic heterocycles. The van der Waals surface area contributed by atoms with Crippen molar-refractivity contribution in [1.82, 2.24) is 9.80 Å². The maximum absolute atomic E-state index is 12.9. The van der Waals surface area contributed by atoms with Crippen molar-refractivity contribution in [3.8, 4) is 17.2 Å². The molecule has 1 saturated heterocycles. The molecule has 2 heterocycles. The Morgan fingerprint density at radius 3 is 2.29 bits per heavy atom. The minimum atomic E-state index is -0.657. The number of ether oxygens (including phenoxy) is 3. The summed E-state index contributed by atoms with van der Waals surface area (Å²) in [6.45, 7) is 6.94. The Morgan fingerprint density at radius 2 is 1.61 bits per heavy atom. The first kappa shape index (κ1) is 21.0. The van der Waals surface area contributed by atoms with Crippen LogP contribution < -0.4 is 14.2 Å². The van der Waals surface area contributed by atoms with E-state index in [4.69, 9.17) is 14.2 Å². The number of amides is 2. The average Bonchev–Trinajstić information content (AvgIpc) is 2.82. The highest BCUT2D eigenvalue weighted by molar-refractivity contribution is 5.94. The Kier molecular flexibility index (Phi) is 6.30. The van der Waals surface area contributed by atoms with Gasteiger partial charge in [0.2, 0.25) is 6.10 Å². The Balaban J connectivity index is 1.29. The van der Waals surface area contributed by atoms with Gasteiger partial charge in [0.1, 0.15) is 12.4 Å². The van der Waals surface area contributed by atoms with Crippen LogP contribution in [-0.2, 0) is 4.79 Å². The van der Waals surface area contributed by atoms with Gasteiger partial charge in [0.15, 0.2) is 11.5 Å². The molecule has 4 rings (SSSR count). The highest BCUT2D eigenvalue weighted by Crippen LogP contribution is 2.31. The van der Waals surface area contributed by atoms with Gasteiger partial charge in [-0.3, -0.25) is 9.59 Å². The third kappa shape index (κ3) is 4.93. The van der Waals surface area contributed by atoms with Crippen molar-refractivity contribution in [1.29, 1.82) is 0 Å². The molecule has 2 aliphatic rings. The number of hydrogen-bond donors (Lipinski definition) is 0. The van der Waals surface area contributed by atoms with E-state index in [2.05, 4.69) is 13.8 Å². The Morgan fingerprint density at radius 1 is 0.968 bits per heavy atom. The average molecular weight is 424 g/mol. The van der Waals surface area contributed by atoms with Crippen LogP contribution in [0.2, 0.25) is 0 Å². The van der Waals surface area contributed by atoms with E-state index in [9.17, 15) is 9.59 Å². The van der Waals surface area contributed by atoms with Gasteiger partial charge in [-0.15, -0.1) is 0 Å². The van der Waals surface area contributed by atoms with E-state index in [1.54, 1.807) is 28.0 Å². The standard InChI is InChI=1S/C24H28N2O5/c1-17(2)15-29-19-9-7-18(8-10-19)23(27)25-11-13-26(14-12-25)24(28)22-16-30-20-5-3-4-6-21(20)31-22/h3-10,17,22H,11-16H2,1-2H3/t22-/m1/s1. The Hall–Kier alpha value is -3.22. The molecule has 0 spiro atoms. The summed E-state index contributed by atoms with van der Waals surface area (Å²) >= 11 is 0. The van der Waals surface area contributed by atoms with Gasteiger partial charge in [0.05, 0.1) is 6.61 Å². The number of benzene rings is 2. The van der Waals surface area contributed by atoms with Crippen LogP contribution in [0.25, 0.3) is 0 Å². The molecule has 0 aliphatic carbocycles. The zero-order valence-electron chi connectivity index (χ0n) is 18.0. The van der Waals surface area contributed by atoms with Gasteiger partial charge in [-0.2, -0.15) is 0 Å². The first-order valence-corrected chi connectivity index (χ1v) is 10.7. The molecule has 1 atom stereocenters. The van der Waals surface area contributed by atoms with Crippen molar-refractivity contribution >= 4 is 11.8 Å². The summed E-state index contributed by atoms with van der Waals surface area (Å²) in [5.41, 5.74) is 0.622. The first-order valence-electron chi connectivity index (χ1n) is 10.7. The SMILES string of the molecule is CC(C)COc1ccc(C(=O)N2CCN(C(=O)[C@H]3COc4ccccc4O3)CC2)cc1. The summed E-state index contributed by atoms with van der Waals surface area (Å²) in [6, 6.07) is 14.6. The summed E-state index contributed by atoms with van der Waals surface area (Å²) < 4.78 is 17.2. The minimum absolute atomic E-state index is 0.0336. The number of hydrogen-bond acceptors (Lipinski definition) is 5. The molecular weight excluding hydrogens is 396 g/mol. The van der Waals surface area contributed by atoms with E-state index in [1.807, 2.05) is 30.3 Å². The van der Waals surface area contributed by atoms with Crippen LogP contribution in [0.3, 0.4) is 0 Å². The summed E-state index contributed by atoms with van der Waals surface area (Å²) in [4.78, 5) is 29.2. The molecule has 31 heavy (non-hydrogen) atoms. The molecule has 0 bridgehead atoms. The van der Waals surface area contributed by atoms with Crippen molar-refractivity contribution in [3.05, 3.63) is 54.1 Å². The van der Waals surface area contributed by atoms with Crippen LogP contribution in [0.5, 0.6) is 17.2 Å². The van der Waals surface area contributed by atoms with Crippen LogP contribution >= 0.6 is 0 Å². The maximum atomic E-state index is 12.9. The van der Waals surface area contributed by atoms with Gasteiger partial charge in [-0.1, -0.05) is 26.0 Å². The monoisotopic (exact) mass is 424 g/mol. The second-order valence-electron chi connectivity index (χ2n) is 8.21. The van der Waals surface area contributed by atoms with Gasteiger partial charge in [-0.25, -0.2) is 0 Å². The predicted molar refractivity (Wildman–Crippen MR) is 116 cm³/mol. The van der Waals surface area contributed by atoms with E-state index in [1.165, 1.54) is 0 Å². The van der Waals surface area contributed by atoms with Crippen molar-refractivity contribution in [2.24, 2.45) is 5.92 Å². The van der Waals surface area contributed by atoms with Gasteiger partial charge in [0.25, 0.3) is 11.8 Å². The van der Waals surface area contributed by atoms with E-state index in [0.29, 0.717) is 55.8 Å². The lowest BCUT2D eigenvalue weighted by Crippen LogP contribution is -2.55. The number of piperazine rings is 1. The molecule has 2 aliphatic heterocycles. The Bertz CT molecular complexity index is 920. The van der Waals surface area contributed by atoms with Gasteiger partial charge >= 0.3 is 0 Å². The molecule has 164 valence electrons. The number of fused-ring (bicyclic) bond motifs is 1. The smallest absolute Gasteiger partial charge is 0.267 e. The van der Waals surface area contributed by atoms with Crippen LogP contribution in [0.4, 0.5) is 0 Å². The summed E-state index contributed by atoms with van der Waals surface area (Å²) in [5.74, 6) is 2.31. The molecule has 1 fully saturated rings. The van der Waals surface area contributed by atoms with E-state index in [0.717, 1.165) is 5.75 Å². The second kappa shape index (κ2) is 9.29. The van der Waals surface area contributed by atoms with E-state index >= 15 is 0 Å². The molecule has 7 heteroatoms. The highest BCUT2D eigenvalue weighted by atomic mass is 16.6. The number of nitrogens with zero attached hydrogens (tertiary/aromatic N) is 2. The Labute approximate surface area is 182 Å². The molecular formula is C24H28N2O5. The number of rotatable bonds is 5. The lowest BCUT2D eigenvalue weighted by atomic mass is 10.1. The number of carbonyl (C=O) groups excluding carboxylic acids is 2. The molecule has 0 N–H and O–H groups in total. The zero-order chi connectivity index (χ0) is 21.8. The van der Waals surface area contributed by atoms with Gasteiger partial charge in [0, 0.05) is 31.7 Å². The largest absolute Gasteiger partial charge is 0.493 e. The van der Waals surface area contributed by atoms with Crippen molar-refractivity contribution < 1.29 is 23.8 Å². The van der Waals surface area contributed by atoms with E-state index < -0.39 is 6.10 Å². The lowest BCUT2D eigenvalue weighted by Gasteiger charge is -2.37.